The van der Waals surface area contributed by atoms with E-state index in [1.54, 1.807) is 0 Å². The fourth-order valence-electron chi connectivity index (χ4n) is 4.33. The fraction of sp³-hybridized carbons (Fsp3) is 0.682. The molecule has 6 nitrogen and oxygen atoms in total. The van der Waals surface area contributed by atoms with E-state index in [4.69, 9.17) is 4.74 Å². The monoisotopic (exact) mass is 387 g/mol. The van der Waals surface area contributed by atoms with Crippen molar-refractivity contribution in [1.82, 2.24) is 20.4 Å². The molecule has 0 aromatic heterocycles. The van der Waals surface area contributed by atoms with E-state index in [-0.39, 0.29) is 5.54 Å². The molecule has 0 radical (unpaired) electrons. The summed E-state index contributed by atoms with van der Waals surface area (Å²) < 4.78 is 5.76. The molecule has 0 aliphatic carbocycles. The van der Waals surface area contributed by atoms with Crippen LogP contribution in [-0.4, -0.2) is 81.3 Å². The molecule has 0 saturated carbocycles. The minimum absolute atomic E-state index is 0.255. The summed E-state index contributed by atoms with van der Waals surface area (Å²) >= 11 is 0. The van der Waals surface area contributed by atoms with Crippen molar-refractivity contribution in [1.29, 1.82) is 0 Å². The summed E-state index contributed by atoms with van der Waals surface area (Å²) in [5.74, 6) is 1.77. The van der Waals surface area contributed by atoms with Gasteiger partial charge in [0, 0.05) is 19.1 Å². The maximum Gasteiger partial charge on any atom is 0.191 e. The third-order valence-electron chi connectivity index (χ3n) is 6.16. The van der Waals surface area contributed by atoms with Crippen molar-refractivity contribution in [2.75, 3.05) is 60.0 Å². The van der Waals surface area contributed by atoms with Crippen LogP contribution in [-0.2, 0) is 0 Å². The lowest BCUT2D eigenvalue weighted by atomic mass is 9.84. The van der Waals surface area contributed by atoms with Gasteiger partial charge in [0.15, 0.2) is 5.96 Å². The molecule has 28 heavy (non-hydrogen) atoms. The van der Waals surface area contributed by atoms with Crippen molar-refractivity contribution >= 4 is 5.96 Å². The van der Waals surface area contributed by atoms with Gasteiger partial charge in [-0.15, -0.1) is 0 Å². The number of piperidine rings is 2. The summed E-state index contributed by atoms with van der Waals surface area (Å²) in [5.41, 5.74) is 0.255. The highest BCUT2D eigenvalue weighted by Gasteiger charge is 2.39. The summed E-state index contributed by atoms with van der Waals surface area (Å²) in [6.07, 6.45) is 6.50. The summed E-state index contributed by atoms with van der Waals surface area (Å²) in [7, 11) is 4.08. The molecule has 1 aromatic carbocycles. The molecule has 0 atom stereocenters. The van der Waals surface area contributed by atoms with Crippen molar-refractivity contribution in [3.05, 3.63) is 30.3 Å². The zero-order valence-electron chi connectivity index (χ0n) is 17.6. The van der Waals surface area contributed by atoms with E-state index >= 15 is 0 Å². The van der Waals surface area contributed by atoms with Crippen LogP contribution in [0.2, 0.25) is 0 Å². The SMILES string of the molecule is CN=C(NCCOc1ccccc1)NCC1(N2CCCCC2)CCN(C)CC1. The first-order valence-electron chi connectivity index (χ1n) is 10.8. The maximum absolute atomic E-state index is 5.76. The van der Waals surface area contributed by atoms with E-state index in [1.807, 2.05) is 37.4 Å². The van der Waals surface area contributed by atoms with E-state index < -0.39 is 0 Å². The van der Waals surface area contributed by atoms with Gasteiger partial charge >= 0.3 is 0 Å². The van der Waals surface area contributed by atoms with Crippen LogP contribution in [0.15, 0.2) is 35.3 Å². The summed E-state index contributed by atoms with van der Waals surface area (Å²) in [4.78, 5) is 9.62. The second kappa shape index (κ2) is 10.7. The quantitative estimate of drug-likeness (QED) is 0.427. The molecule has 2 N–H and O–H groups in total. The number of rotatable bonds is 7. The third kappa shape index (κ3) is 5.85. The minimum atomic E-state index is 0.255. The van der Waals surface area contributed by atoms with Crippen LogP contribution in [0, 0.1) is 0 Å². The summed E-state index contributed by atoms with van der Waals surface area (Å²) in [6, 6.07) is 9.94. The molecule has 156 valence electrons. The van der Waals surface area contributed by atoms with E-state index in [9.17, 15) is 0 Å². The van der Waals surface area contributed by atoms with Crippen LogP contribution in [0.1, 0.15) is 32.1 Å². The molecule has 0 bridgehead atoms. The van der Waals surface area contributed by atoms with Crippen LogP contribution in [0.5, 0.6) is 5.75 Å². The van der Waals surface area contributed by atoms with Gasteiger partial charge in [-0.05, 0) is 71.0 Å². The van der Waals surface area contributed by atoms with Crippen LogP contribution in [0.3, 0.4) is 0 Å². The van der Waals surface area contributed by atoms with E-state index in [2.05, 4.69) is 32.5 Å². The number of aliphatic imine (C=N–C) groups is 1. The average molecular weight is 388 g/mol. The second-order valence-electron chi connectivity index (χ2n) is 8.09. The molecule has 0 spiro atoms. The smallest absolute Gasteiger partial charge is 0.191 e. The third-order valence-corrected chi connectivity index (χ3v) is 6.16. The molecule has 2 aliphatic rings. The molecule has 3 rings (SSSR count). The standard InChI is InChI=1S/C22H37N5O/c1-23-21(24-13-18-28-20-9-5-3-6-10-20)25-19-22(11-16-26(2)17-12-22)27-14-7-4-8-15-27/h3,5-6,9-10H,4,7-8,11-19H2,1-2H3,(H2,23,24,25). The van der Waals surface area contributed by atoms with Crippen LogP contribution in [0.25, 0.3) is 0 Å². The highest BCUT2D eigenvalue weighted by Crippen LogP contribution is 2.30. The van der Waals surface area contributed by atoms with Crippen LogP contribution >= 0.6 is 0 Å². The fourth-order valence-corrected chi connectivity index (χ4v) is 4.33. The molecule has 2 saturated heterocycles. The number of guanidine groups is 1. The topological polar surface area (TPSA) is 52.1 Å². The Bertz CT molecular complexity index is 592. The van der Waals surface area contributed by atoms with Crippen molar-refractivity contribution in [3.8, 4) is 5.75 Å². The lowest BCUT2D eigenvalue weighted by Crippen LogP contribution is -2.62. The maximum atomic E-state index is 5.76. The van der Waals surface area contributed by atoms with Crippen LogP contribution in [0.4, 0.5) is 0 Å². The van der Waals surface area contributed by atoms with Gasteiger partial charge in [-0.3, -0.25) is 9.89 Å². The molecular weight excluding hydrogens is 350 g/mol. The number of ether oxygens (including phenoxy) is 1. The van der Waals surface area contributed by atoms with Gasteiger partial charge in [0.1, 0.15) is 12.4 Å². The average Bonchev–Trinajstić information content (AvgIpc) is 2.76. The van der Waals surface area contributed by atoms with Gasteiger partial charge in [-0.25, -0.2) is 0 Å². The molecule has 2 fully saturated rings. The van der Waals surface area contributed by atoms with E-state index in [0.717, 1.165) is 24.8 Å². The van der Waals surface area contributed by atoms with Crippen LogP contribution < -0.4 is 15.4 Å². The first kappa shape index (κ1) is 20.9. The number of hydrogen-bond acceptors (Lipinski definition) is 4. The molecular formula is C22H37N5O. The zero-order valence-corrected chi connectivity index (χ0v) is 17.6. The molecule has 0 unspecified atom stereocenters. The molecule has 0 amide bonds. The first-order chi connectivity index (χ1) is 13.7. The normalized spacial score (nSPS) is 21.3. The van der Waals surface area contributed by atoms with Gasteiger partial charge in [-0.2, -0.15) is 0 Å². The van der Waals surface area contributed by atoms with Gasteiger partial charge in [0.2, 0.25) is 0 Å². The summed E-state index contributed by atoms with van der Waals surface area (Å²) in [5, 5.41) is 7.01. The Morgan fingerprint density at radius 2 is 1.75 bits per heavy atom. The summed E-state index contributed by atoms with van der Waals surface area (Å²) in [6.45, 7) is 7.13. The van der Waals surface area contributed by atoms with Crippen molar-refractivity contribution in [2.45, 2.75) is 37.6 Å². The van der Waals surface area contributed by atoms with Gasteiger partial charge in [0.25, 0.3) is 0 Å². The van der Waals surface area contributed by atoms with Crippen molar-refractivity contribution < 1.29 is 4.74 Å². The highest BCUT2D eigenvalue weighted by molar-refractivity contribution is 5.79. The Hall–Kier alpha value is -1.79. The Morgan fingerprint density at radius 1 is 1.04 bits per heavy atom. The minimum Gasteiger partial charge on any atom is -0.492 e. The van der Waals surface area contributed by atoms with E-state index in [0.29, 0.717) is 6.61 Å². The lowest BCUT2D eigenvalue weighted by Gasteiger charge is -2.50. The Kier molecular flexibility index (Phi) is 7.98. The zero-order chi connectivity index (χ0) is 19.7. The number of likely N-dealkylation sites (tertiary alicyclic amines) is 2. The second-order valence-corrected chi connectivity index (χ2v) is 8.09. The highest BCUT2D eigenvalue weighted by atomic mass is 16.5. The van der Waals surface area contributed by atoms with Gasteiger partial charge in [-0.1, -0.05) is 24.6 Å². The Morgan fingerprint density at radius 3 is 2.43 bits per heavy atom. The predicted octanol–water partition coefficient (Wildman–Crippen LogP) is 2.18. The first-order valence-corrected chi connectivity index (χ1v) is 10.8. The number of para-hydroxylation sites is 1. The van der Waals surface area contributed by atoms with Crippen molar-refractivity contribution in [2.24, 2.45) is 4.99 Å². The predicted molar refractivity (Wildman–Crippen MR) is 116 cm³/mol. The number of nitrogens with one attached hydrogen (secondary N) is 2. The molecule has 1 aromatic rings. The molecule has 2 heterocycles. The molecule has 6 heteroatoms. The number of hydrogen-bond donors (Lipinski definition) is 2. The molecule has 2 aliphatic heterocycles. The number of nitrogens with zero attached hydrogens (tertiary/aromatic N) is 3. The van der Waals surface area contributed by atoms with Gasteiger partial charge in [0.05, 0.1) is 6.54 Å². The lowest BCUT2D eigenvalue weighted by molar-refractivity contribution is 0.0173. The van der Waals surface area contributed by atoms with E-state index in [1.165, 1.54) is 58.3 Å². The Labute approximate surface area is 170 Å². The van der Waals surface area contributed by atoms with Gasteiger partial charge < -0.3 is 20.3 Å². The largest absolute Gasteiger partial charge is 0.492 e. The number of benzene rings is 1. The Balaban J connectivity index is 1.48. The van der Waals surface area contributed by atoms with Crippen molar-refractivity contribution in [3.63, 3.8) is 0 Å².